The molecular formula is C9H11Cl2NO2S. The van der Waals surface area contributed by atoms with E-state index in [1.165, 1.54) is 0 Å². The van der Waals surface area contributed by atoms with Crippen molar-refractivity contribution >= 4 is 38.9 Å². The molecule has 3 nitrogen and oxygen atoms in total. The zero-order valence-electron chi connectivity index (χ0n) is 7.91. The van der Waals surface area contributed by atoms with Crippen molar-refractivity contribution in [2.24, 2.45) is 0 Å². The van der Waals surface area contributed by atoms with Crippen molar-refractivity contribution in [2.75, 3.05) is 16.4 Å². The van der Waals surface area contributed by atoms with Crippen LogP contribution in [0, 0.1) is 0 Å². The molecule has 0 bridgehead atoms. The fraction of sp³-hybridized carbons (Fsp3) is 0.333. The Bertz CT molecular complexity index is 403. The monoisotopic (exact) mass is 267 g/mol. The first-order valence-electron chi connectivity index (χ1n) is 4.35. The second-order valence-electron chi connectivity index (χ2n) is 2.97. The van der Waals surface area contributed by atoms with E-state index in [0.29, 0.717) is 23.0 Å². The van der Waals surface area contributed by atoms with E-state index in [-0.39, 0.29) is 5.75 Å². The Morgan fingerprint density at radius 3 is 2.33 bits per heavy atom. The number of rotatable bonds is 5. The van der Waals surface area contributed by atoms with Crippen LogP contribution in [0.5, 0.6) is 0 Å². The third-order valence-corrected chi connectivity index (χ3v) is 3.56. The Labute approximate surface area is 99.4 Å². The standard InChI is InChI=1S/C9H11Cl2NO2S/c10-6-1-7-15(13,14)12-9-4-2-8(11)3-5-9/h2-5,12H,1,6-7H2. The highest BCUT2D eigenvalue weighted by Crippen LogP contribution is 2.14. The van der Waals surface area contributed by atoms with Crippen LogP contribution in [0.2, 0.25) is 5.02 Å². The second kappa shape index (κ2) is 5.58. The molecule has 0 fully saturated rings. The average Bonchev–Trinajstić information content (AvgIpc) is 2.18. The maximum atomic E-state index is 11.4. The molecule has 0 saturated heterocycles. The summed E-state index contributed by atoms with van der Waals surface area (Å²) < 4.78 is 25.3. The zero-order chi connectivity index (χ0) is 11.3. The van der Waals surface area contributed by atoms with Gasteiger partial charge >= 0.3 is 0 Å². The van der Waals surface area contributed by atoms with Gasteiger partial charge in [-0.3, -0.25) is 4.72 Å². The lowest BCUT2D eigenvalue weighted by Crippen LogP contribution is -2.16. The number of sulfonamides is 1. The molecule has 0 radical (unpaired) electrons. The Morgan fingerprint density at radius 1 is 1.20 bits per heavy atom. The van der Waals surface area contributed by atoms with Crippen LogP contribution in [0.15, 0.2) is 24.3 Å². The van der Waals surface area contributed by atoms with Crippen LogP contribution in [0.3, 0.4) is 0 Å². The summed E-state index contributed by atoms with van der Waals surface area (Å²) in [6.07, 6.45) is 0.435. The lowest BCUT2D eigenvalue weighted by atomic mass is 10.3. The molecule has 1 N–H and O–H groups in total. The highest BCUT2D eigenvalue weighted by atomic mass is 35.5. The Hall–Kier alpha value is -0.450. The third-order valence-electron chi connectivity index (χ3n) is 1.66. The molecule has 15 heavy (non-hydrogen) atoms. The van der Waals surface area contributed by atoms with E-state index in [4.69, 9.17) is 23.2 Å². The summed E-state index contributed by atoms with van der Waals surface area (Å²) in [7, 11) is -3.29. The van der Waals surface area contributed by atoms with Gasteiger partial charge in [-0.15, -0.1) is 11.6 Å². The molecule has 6 heteroatoms. The van der Waals surface area contributed by atoms with Crippen LogP contribution in [-0.4, -0.2) is 20.1 Å². The van der Waals surface area contributed by atoms with Crippen molar-refractivity contribution in [3.05, 3.63) is 29.3 Å². The van der Waals surface area contributed by atoms with E-state index < -0.39 is 10.0 Å². The first-order valence-corrected chi connectivity index (χ1v) is 6.92. The van der Waals surface area contributed by atoms with Gasteiger partial charge < -0.3 is 0 Å². The SMILES string of the molecule is O=S(=O)(CCCCl)Nc1ccc(Cl)cc1. The van der Waals surface area contributed by atoms with E-state index >= 15 is 0 Å². The predicted molar refractivity (Wildman–Crippen MR) is 64.2 cm³/mol. The lowest BCUT2D eigenvalue weighted by Gasteiger charge is -2.06. The minimum atomic E-state index is -3.29. The average molecular weight is 268 g/mol. The number of anilines is 1. The molecular weight excluding hydrogens is 257 g/mol. The van der Waals surface area contributed by atoms with Crippen LogP contribution in [0.4, 0.5) is 5.69 Å². The number of halogens is 2. The number of alkyl halides is 1. The molecule has 0 unspecified atom stereocenters. The van der Waals surface area contributed by atoms with Crippen molar-refractivity contribution in [3.8, 4) is 0 Å². The topological polar surface area (TPSA) is 46.2 Å². The zero-order valence-corrected chi connectivity index (χ0v) is 10.2. The van der Waals surface area contributed by atoms with Crippen LogP contribution in [0.25, 0.3) is 0 Å². The van der Waals surface area contributed by atoms with Gasteiger partial charge in [0.25, 0.3) is 0 Å². The molecule has 1 rings (SSSR count). The van der Waals surface area contributed by atoms with Crippen LogP contribution in [-0.2, 0) is 10.0 Å². The molecule has 1 aromatic rings. The normalized spacial score (nSPS) is 11.3. The molecule has 0 aromatic heterocycles. The largest absolute Gasteiger partial charge is 0.284 e. The van der Waals surface area contributed by atoms with E-state index in [9.17, 15) is 8.42 Å². The fourth-order valence-corrected chi connectivity index (χ4v) is 2.53. The second-order valence-corrected chi connectivity index (χ2v) is 5.63. The van der Waals surface area contributed by atoms with Crippen molar-refractivity contribution < 1.29 is 8.42 Å². The molecule has 0 aliphatic heterocycles. The van der Waals surface area contributed by atoms with Crippen LogP contribution >= 0.6 is 23.2 Å². The molecule has 0 saturated carbocycles. The summed E-state index contributed by atoms with van der Waals surface area (Å²) in [6, 6.07) is 6.48. The van der Waals surface area contributed by atoms with Gasteiger partial charge in [0.05, 0.1) is 5.75 Å². The van der Waals surface area contributed by atoms with Crippen molar-refractivity contribution in [3.63, 3.8) is 0 Å². The smallest absolute Gasteiger partial charge is 0.232 e. The molecule has 0 atom stereocenters. The minimum absolute atomic E-state index is 0.0269. The molecule has 1 aromatic carbocycles. The molecule has 0 aliphatic rings. The minimum Gasteiger partial charge on any atom is -0.284 e. The molecule has 0 heterocycles. The number of benzene rings is 1. The first kappa shape index (κ1) is 12.6. The van der Waals surface area contributed by atoms with E-state index in [1.54, 1.807) is 24.3 Å². The van der Waals surface area contributed by atoms with E-state index in [0.717, 1.165) is 0 Å². The Morgan fingerprint density at radius 2 is 1.80 bits per heavy atom. The van der Waals surface area contributed by atoms with Gasteiger partial charge in [0, 0.05) is 16.6 Å². The lowest BCUT2D eigenvalue weighted by molar-refractivity contribution is 0.600. The molecule has 0 spiro atoms. The fourth-order valence-electron chi connectivity index (χ4n) is 0.993. The maximum Gasteiger partial charge on any atom is 0.232 e. The van der Waals surface area contributed by atoms with Gasteiger partial charge in [-0.1, -0.05) is 11.6 Å². The van der Waals surface area contributed by atoms with E-state index in [1.807, 2.05) is 0 Å². The van der Waals surface area contributed by atoms with Gasteiger partial charge in [0.1, 0.15) is 0 Å². The summed E-state index contributed by atoms with van der Waals surface area (Å²) in [5.74, 6) is 0.362. The van der Waals surface area contributed by atoms with Gasteiger partial charge in [0.2, 0.25) is 10.0 Å². The van der Waals surface area contributed by atoms with E-state index in [2.05, 4.69) is 4.72 Å². The maximum absolute atomic E-state index is 11.4. The summed E-state index contributed by atoms with van der Waals surface area (Å²) in [4.78, 5) is 0. The molecule has 0 aliphatic carbocycles. The Kier molecular flexibility index (Phi) is 4.70. The summed E-state index contributed by atoms with van der Waals surface area (Å²) in [5.41, 5.74) is 0.508. The van der Waals surface area contributed by atoms with Gasteiger partial charge in [-0.25, -0.2) is 8.42 Å². The molecule has 0 amide bonds. The van der Waals surface area contributed by atoms with Crippen molar-refractivity contribution in [1.82, 2.24) is 0 Å². The van der Waals surface area contributed by atoms with Crippen molar-refractivity contribution in [2.45, 2.75) is 6.42 Å². The number of nitrogens with one attached hydrogen (secondary N) is 1. The van der Waals surface area contributed by atoms with Gasteiger partial charge in [-0.05, 0) is 30.7 Å². The number of hydrogen-bond acceptors (Lipinski definition) is 2. The molecule has 84 valence electrons. The van der Waals surface area contributed by atoms with Gasteiger partial charge in [-0.2, -0.15) is 0 Å². The van der Waals surface area contributed by atoms with Crippen LogP contribution in [0.1, 0.15) is 6.42 Å². The predicted octanol–water partition coefficient (Wildman–Crippen LogP) is 2.71. The highest BCUT2D eigenvalue weighted by Gasteiger charge is 2.09. The highest BCUT2D eigenvalue weighted by molar-refractivity contribution is 7.92. The third kappa shape index (κ3) is 4.73. The van der Waals surface area contributed by atoms with Crippen molar-refractivity contribution in [1.29, 1.82) is 0 Å². The van der Waals surface area contributed by atoms with Crippen LogP contribution < -0.4 is 4.72 Å². The summed E-state index contributed by atoms with van der Waals surface area (Å²) >= 11 is 11.1. The summed E-state index contributed by atoms with van der Waals surface area (Å²) in [5, 5.41) is 0.568. The summed E-state index contributed by atoms with van der Waals surface area (Å²) in [6.45, 7) is 0. The number of hydrogen-bond donors (Lipinski definition) is 1. The van der Waals surface area contributed by atoms with Gasteiger partial charge in [0.15, 0.2) is 0 Å². The Balaban J connectivity index is 2.65. The first-order chi connectivity index (χ1) is 7.03. The quantitative estimate of drug-likeness (QED) is 0.834.